The van der Waals surface area contributed by atoms with Gasteiger partial charge in [-0.05, 0) is 62.4 Å². The number of benzene rings is 1. The minimum atomic E-state index is -0.0448. The quantitative estimate of drug-likeness (QED) is 0.904. The molecule has 22 heavy (non-hydrogen) atoms. The second-order valence-electron chi connectivity index (χ2n) is 6.66. The van der Waals surface area contributed by atoms with Gasteiger partial charge in [-0.3, -0.25) is 4.79 Å². The maximum Gasteiger partial charge on any atom is 0.226 e. The zero-order chi connectivity index (χ0) is 15.9. The van der Waals surface area contributed by atoms with E-state index in [0.717, 1.165) is 37.9 Å². The molecule has 3 nitrogen and oxygen atoms in total. The molecule has 5 heteroatoms. The number of amides is 1. The highest BCUT2D eigenvalue weighted by Gasteiger charge is 2.58. The summed E-state index contributed by atoms with van der Waals surface area (Å²) in [4.78, 5) is 14.7. The van der Waals surface area contributed by atoms with Crippen LogP contribution in [0, 0.1) is 11.3 Å². The van der Waals surface area contributed by atoms with E-state index in [0.29, 0.717) is 10.0 Å². The van der Waals surface area contributed by atoms with E-state index in [-0.39, 0.29) is 23.3 Å². The Labute approximate surface area is 142 Å². The Morgan fingerprint density at radius 3 is 2.68 bits per heavy atom. The van der Waals surface area contributed by atoms with E-state index in [4.69, 9.17) is 23.2 Å². The molecule has 1 aromatic carbocycles. The van der Waals surface area contributed by atoms with Crippen molar-refractivity contribution in [3.05, 3.63) is 33.8 Å². The zero-order valence-electron chi connectivity index (χ0n) is 13.0. The molecular weight excluding hydrogens is 319 g/mol. The van der Waals surface area contributed by atoms with E-state index in [1.165, 1.54) is 0 Å². The molecule has 2 fully saturated rings. The molecule has 3 rings (SSSR count). The maximum atomic E-state index is 12.8. The van der Waals surface area contributed by atoms with Crippen molar-refractivity contribution in [1.29, 1.82) is 0 Å². The first-order valence-electron chi connectivity index (χ1n) is 7.87. The number of halogens is 2. The fraction of sp³-hybridized carbons (Fsp3) is 0.588. The molecule has 1 spiro atoms. The van der Waals surface area contributed by atoms with E-state index < -0.39 is 0 Å². The topological polar surface area (TPSA) is 32.3 Å². The van der Waals surface area contributed by atoms with Crippen LogP contribution in [0.1, 0.15) is 37.8 Å². The first-order valence-corrected chi connectivity index (χ1v) is 8.62. The predicted molar refractivity (Wildman–Crippen MR) is 90.3 cm³/mol. The average Bonchev–Trinajstić information content (AvgIpc) is 3.19. The highest BCUT2D eigenvalue weighted by atomic mass is 35.5. The summed E-state index contributed by atoms with van der Waals surface area (Å²) < 4.78 is 0. The molecule has 0 aromatic heterocycles. The van der Waals surface area contributed by atoms with Crippen LogP contribution >= 0.6 is 23.2 Å². The molecule has 0 radical (unpaired) electrons. The van der Waals surface area contributed by atoms with Crippen LogP contribution in [0.2, 0.25) is 10.0 Å². The van der Waals surface area contributed by atoms with E-state index in [1.807, 2.05) is 31.0 Å². The standard InChI is InChI=1S/C17H22Cl2N2O/c1-11(13-4-3-12(18)9-15(13)19)21(2)16(22)14-10-17(14)5-7-20-8-6-17/h3-4,9,11,14,20H,5-8,10H2,1-2H3/t11-,14-/m0/s1. The molecule has 2 aliphatic rings. The van der Waals surface area contributed by atoms with Crippen LogP contribution in [-0.4, -0.2) is 30.9 Å². The highest BCUT2D eigenvalue weighted by molar-refractivity contribution is 6.35. The Balaban J connectivity index is 1.70. The van der Waals surface area contributed by atoms with Crippen molar-refractivity contribution in [3.63, 3.8) is 0 Å². The summed E-state index contributed by atoms with van der Waals surface area (Å²) in [6.45, 7) is 4.09. The fourth-order valence-corrected chi connectivity index (χ4v) is 4.23. The molecule has 1 amide bonds. The second kappa shape index (κ2) is 6.03. The van der Waals surface area contributed by atoms with Crippen LogP contribution in [0.3, 0.4) is 0 Å². The molecule has 120 valence electrons. The summed E-state index contributed by atoms with van der Waals surface area (Å²) >= 11 is 12.2. The van der Waals surface area contributed by atoms with Crippen molar-refractivity contribution >= 4 is 29.1 Å². The lowest BCUT2D eigenvalue weighted by Crippen LogP contribution is -2.35. The number of nitrogens with zero attached hydrogens (tertiary/aromatic N) is 1. The predicted octanol–water partition coefficient (Wildman–Crippen LogP) is 3.90. The molecule has 1 aromatic rings. The SMILES string of the molecule is C[C@@H](c1ccc(Cl)cc1Cl)N(C)C(=O)[C@@H]1CC12CCNCC2. The molecule has 0 unspecified atom stereocenters. The van der Waals surface area contributed by atoms with Crippen molar-refractivity contribution in [2.24, 2.45) is 11.3 Å². The summed E-state index contributed by atoms with van der Waals surface area (Å²) in [5.74, 6) is 0.438. The lowest BCUT2D eigenvalue weighted by Gasteiger charge is -2.29. The summed E-state index contributed by atoms with van der Waals surface area (Å²) in [5, 5.41) is 4.61. The number of nitrogens with one attached hydrogen (secondary N) is 1. The van der Waals surface area contributed by atoms with Crippen molar-refractivity contribution in [2.45, 2.75) is 32.2 Å². The van der Waals surface area contributed by atoms with Crippen molar-refractivity contribution in [3.8, 4) is 0 Å². The molecule has 1 saturated heterocycles. The van der Waals surface area contributed by atoms with Gasteiger partial charge in [-0.1, -0.05) is 29.3 Å². The molecule has 1 aliphatic heterocycles. The van der Waals surface area contributed by atoms with Crippen molar-refractivity contribution in [1.82, 2.24) is 10.2 Å². The first-order chi connectivity index (χ1) is 10.4. The van der Waals surface area contributed by atoms with Crippen molar-refractivity contribution in [2.75, 3.05) is 20.1 Å². The van der Waals surface area contributed by atoms with E-state index in [1.54, 1.807) is 6.07 Å². The Bertz CT molecular complexity index is 584. The molecule has 1 N–H and O–H groups in total. The van der Waals surface area contributed by atoms with Gasteiger partial charge in [0.2, 0.25) is 5.91 Å². The maximum absolute atomic E-state index is 12.8. The van der Waals surface area contributed by atoms with Crippen LogP contribution in [-0.2, 0) is 4.79 Å². The fourth-order valence-electron chi connectivity index (χ4n) is 3.66. The summed E-state index contributed by atoms with van der Waals surface area (Å²) in [5.41, 5.74) is 1.21. The third-order valence-corrected chi connectivity index (χ3v) is 5.99. The first kappa shape index (κ1) is 16.1. The number of hydrogen-bond donors (Lipinski definition) is 1. The largest absolute Gasteiger partial charge is 0.339 e. The van der Waals surface area contributed by atoms with Crippen LogP contribution in [0.5, 0.6) is 0 Å². The third kappa shape index (κ3) is 2.86. The molecule has 1 heterocycles. The molecular formula is C17H22Cl2N2O. The van der Waals surface area contributed by atoms with Gasteiger partial charge in [-0.15, -0.1) is 0 Å². The van der Waals surface area contributed by atoms with Gasteiger partial charge in [0.15, 0.2) is 0 Å². The van der Waals surface area contributed by atoms with Crippen LogP contribution in [0.25, 0.3) is 0 Å². The smallest absolute Gasteiger partial charge is 0.226 e. The van der Waals surface area contributed by atoms with Gasteiger partial charge >= 0.3 is 0 Å². The number of rotatable bonds is 3. The average molecular weight is 341 g/mol. The lowest BCUT2D eigenvalue weighted by atomic mass is 9.91. The zero-order valence-corrected chi connectivity index (χ0v) is 14.5. The van der Waals surface area contributed by atoms with Crippen molar-refractivity contribution < 1.29 is 4.79 Å². The molecule has 2 atom stereocenters. The number of hydrogen-bond acceptors (Lipinski definition) is 2. The number of carbonyl (C=O) groups is 1. The molecule has 1 saturated carbocycles. The monoisotopic (exact) mass is 340 g/mol. The van der Waals surface area contributed by atoms with Gasteiger partial charge < -0.3 is 10.2 Å². The Hall–Kier alpha value is -0.770. The minimum absolute atomic E-state index is 0.0448. The third-order valence-electron chi connectivity index (χ3n) is 5.43. The van der Waals surface area contributed by atoms with Gasteiger partial charge in [0.1, 0.15) is 0 Å². The lowest BCUT2D eigenvalue weighted by molar-refractivity contribution is -0.134. The Morgan fingerprint density at radius 2 is 2.05 bits per heavy atom. The van der Waals surface area contributed by atoms with Crippen LogP contribution < -0.4 is 5.32 Å². The molecule has 0 bridgehead atoms. The van der Waals surface area contributed by atoms with E-state index in [2.05, 4.69) is 5.32 Å². The minimum Gasteiger partial charge on any atom is -0.339 e. The normalized spacial score (nSPS) is 24.1. The van der Waals surface area contributed by atoms with Gasteiger partial charge in [0.25, 0.3) is 0 Å². The second-order valence-corrected chi connectivity index (χ2v) is 7.50. The van der Waals surface area contributed by atoms with Gasteiger partial charge in [0.05, 0.1) is 6.04 Å². The summed E-state index contributed by atoms with van der Waals surface area (Å²) in [7, 11) is 1.88. The van der Waals surface area contributed by atoms with Gasteiger partial charge in [0, 0.05) is 23.0 Å². The Kier molecular flexibility index (Phi) is 4.41. The summed E-state index contributed by atoms with van der Waals surface area (Å²) in [6.07, 6.45) is 3.28. The van der Waals surface area contributed by atoms with E-state index >= 15 is 0 Å². The van der Waals surface area contributed by atoms with Gasteiger partial charge in [-0.25, -0.2) is 0 Å². The van der Waals surface area contributed by atoms with Crippen LogP contribution in [0.4, 0.5) is 0 Å². The number of piperidine rings is 1. The summed E-state index contributed by atoms with van der Waals surface area (Å²) in [6, 6.07) is 5.42. The van der Waals surface area contributed by atoms with Crippen LogP contribution in [0.15, 0.2) is 18.2 Å². The Morgan fingerprint density at radius 1 is 1.36 bits per heavy atom. The number of carbonyl (C=O) groups excluding carboxylic acids is 1. The molecule has 1 aliphatic carbocycles. The van der Waals surface area contributed by atoms with E-state index in [9.17, 15) is 4.79 Å². The van der Waals surface area contributed by atoms with Gasteiger partial charge in [-0.2, -0.15) is 0 Å². The highest BCUT2D eigenvalue weighted by Crippen LogP contribution is 2.59.